The van der Waals surface area contributed by atoms with Crippen molar-refractivity contribution in [3.05, 3.63) is 236 Å². The molecule has 0 fully saturated rings. The predicted octanol–water partition coefficient (Wildman–Crippen LogP) is 17.2. The minimum Gasteiger partial charge on any atom is -0.310 e. The predicted molar refractivity (Wildman–Crippen MR) is 273 cm³/mol. The Kier molecular flexibility index (Phi) is 8.13. The Bertz CT molecular complexity index is 3910. The van der Waals surface area contributed by atoms with Gasteiger partial charge in [0, 0.05) is 55.7 Å². The third-order valence-electron chi connectivity index (χ3n) is 13.3. The lowest BCUT2D eigenvalue weighted by Gasteiger charge is -2.26. The van der Waals surface area contributed by atoms with Gasteiger partial charge in [-0.2, -0.15) is 0 Å². The maximum atomic E-state index is 2.53. The fraction of sp³-hybridized carbons (Fsp3) is 0.0164. The average Bonchev–Trinajstić information content (AvgIpc) is 3.86. The topological polar surface area (TPSA) is 10.9 Å². The van der Waals surface area contributed by atoms with Crippen molar-refractivity contribution in [3.8, 4) is 11.1 Å². The van der Waals surface area contributed by atoms with Gasteiger partial charge in [-0.05, 0) is 141 Å². The molecule has 0 saturated carbocycles. The van der Waals surface area contributed by atoms with Gasteiger partial charge in [0.2, 0.25) is 0 Å². The summed E-state index contributed by atoms with van der Waals surface area (Å²) < 4.78 is 2.53. The minimum atomic E-state index is 1.11. The maximum Gasteiger partial charge on any atom is 0.0627 e. The van der Waals surface area contributed by atoms with Crippen LogP contribution in [0.2, 0.25) is 0 Å². The van der Waals surface area contributed by atoms with E-state index in [1.165, 1.54) is 87.1 Å². The van der Waals surface area contributed by atoms with Crippen molar-refractivity contribution >= 4 is 105 Å². The molecular formula is C61H41N3. The van der Waals surface area contributed by atoms with Gasteiger partial charge < -0.3 is 14.2 Å². The number of aryl methyl sites for hydroxylation is 1. The molecule has 0 amide bonds. The Labute approximate surface area is 371 Å². The molecular weight excluding hydrogens is 775 g/mol. The van der Waals surface area contributed by atoms with E-state index < -0.39 is 0 Å². The third-order valence-corrected chi connectivity index (χ3v) is 13.3. The Hall–Kier alpha value is -8.40. The number of hydrogen-bond acceptors (Lipinski definition) is 2. The summed E-state index contributed by atoms with van der Waals surface area (Å²) in [6, 6.07) is 84.8. The number of hydrogen-bond donors (Lipinski definition) is 0. The summed E-state index contributed by atoms with van der Waals surface area (Å²) in [5.74, 6) is 0. The highest BCUT2D eigenvalue weighted by molar-refractivity contribution is 6.32. The third kappa shape index (κ3) is 5.75. The van der Waals surface area contributed by atoms with Crippen molar-refractivity contribution in [3.63, 3.8) is 0 Å². The highest BCUT2D eigenvalue weighted by atomic mass is 15.1. The molecule has 13 aromatic rings. The van der Waals surface area contributed by atoms with Gasteiger partial charge in [0.05, 0.1) is 16.6 Å². The first-order valence-corrected chi connectivity index (χ1v) is 22.1. The van der Waals surface area contributed by atoms with E-state index in [4.69, 9.17) is 0 Å². The summed E-state index contributed by atoms with van der Waals surface area (Å²) >= 11 is 0. The van der Waals surface area contributed by atoms with Gasteiger partial charge in [0.1, 0.15) is 0 Å². The summed E-state index contributed by atoms with van der Waals surface area (Å²) in [6.45, 7) is 2.15. The SMILES string of the molecule is Cc1ccc(-c2ccc3c(c2)c2c4cc(N(c5ccccc5)c5ccc6ccccc6c5)ccc4cc4c5ccc(N(c6ccccc6)c6ccc7ccccc7c6)cc5n3c42)cc1. The van der Waals surface area contributed by atoms with E-state index in [-0.39, 0.29) is 0 Å². The second-order valence-electron chi connectivity index (χ2n) is 17.1. The van der Waals surface area contributed by atoms with Crippen LogP contribution in [0.25, 0.3) is 81.5 Å². The van der Waals surface area contributed by atoms with E-state index in [0.717, 1.165) is 34.1 Å². The maximum absolute atomic E-state index is 2.53. The van der Waals surface area contributed by atoms with Crippen LogP contribution in [-0.4, -0.2) is 4.40 Å². The summed E-state index contributed by atoms with van der Waals surface area (Å²) in [7, 11) is 0. The first-order valence-electron chi connectivity index (χ1n) is 22.1. The number of aromatic nitrogens is 1. The number of nitrogens with zero attached hydrogens (tertiary/aromatic N) is 3. The molecule has 3 nitrogen and oxygen atoms in total. The monoisotopic (exact) mass is 815 g/mol. The van der Waals surface area contributed by atoms with Gasteiger partial charge >= 0.3 is 0 Å². The first-order chi connectivity index (χ1) is 31.6. The molecule has 3 heteroatoms. The Morgan fingerprint density at radius 2 is 0.812 bits per heavy atom. The molecule has 0 spiro atoms. The zero-order valence-electron chi connectivity index (χ0n) is 35.3. The molecule has 0 radical (unpaired) electrons. The van der Waals surface area contributed by atoms with E-state index in [9.17, 15) is 0 Å². The lowest BCUT2D eigenvalue weighted by atomic mass is 9.97. The quantitative estimate of drug-likeness (QED) is 0.159. The molecule has 0 aliphatic rings. The first kappa shape index (κ1) is 36.3. The second-order valence-corrected chi connectivity index (χ2v) is 17.1. The van der Waals surface area contributed by atoms with Crippen LogP contribution >= 0.6 is 0 Å². The number of anilines is 6. The van der Waals surface area contributed by atoms with Crippen molar-refractivity contribution in [1.29, 1.82) is 0 Å². The van der Waals surface area contributed by atoms with E-state index >= 15 is 0 Å². The largest absolute Gasteiger partial charge is 0.310 e. The zero-order chi connectivity index (χ0) is 42.3. The molecule has 13 rings (SSSR count). The lowest BCUT2D eigenvalue weighted by molar-refractivity contribution is 1.28. The van der Waals surface area contributed by atoms with Crippen molar-refractivity contribution in [1.82, 2.24) is 4.40 Å². The van der Waals surface area contributed by atoms with Crippen LogP contribution < -0.4 is 9.80 Å². The number of fused-ring (bicyclic) bond motifs is 10. The minimum absolute atomic E-state index is 1.11. The van der Waals surface area contributed by atoms with Gasteiger partial charge in [0.25, 0.3) is 0 Å². The van der Waals surface area contributed by atoms with Gasteiger partial charge in [-0.25, -0.2) is 0 Å². The molecule has 0 saturated heterocycles. The Morgan fingerprint density at radius 1 is 0.297 bits per heavy atom. The molecule has 0 N–H and O–H groups in total. The summed E-state index contributed by atoms with van der Waals surface area (Å²) in [6.07, 6.45) is 0. The molecule has 300 valence electrons. The fourth-order valence-corrected chi connectivity index (χ4v) is 10.2. The highest BCUT2D eigenvalue weighted by Gasteiger charge is 2.24. The van der Waals surface area contributed by atoms with Crippen molar-refractivity contribution in [2.45, 2.75) is 6.92 Å². The van der Waals surface area contributed by atoms with E-state index in [1.54, 1.807) is 0 Å². The van der Waals surface area contributed by atoms with Crippen LogP contribution in [0.5, 0.6) is 0 Å². The standard InChI is InChI=1S/C61H41N3/c1-40-20-22-43(23-21-40)46-27-33-58-57(36-46)60-55-38-52(62(48-16-4-2-5-17-48)50-28-24-41-12-8-10-14-44(41)34-50)30-26-47(55)37-56-54-32-31-53(39-59(54)64(58)61(56)60)63(49-18-6-3-7-19-49)51-29-25-42-13-9-11-15-45(42)35-51/h2-39H,1H3. The molecule has 11 aromatic carbocycles. The van der Waals surface area contributed by atoms with Gasteiger partial charge in [-0.15, -0.1) is 0 Å². The Balaban J connectivity index is 1.09. The van der Waals surface area contributed by atoms with Crippen LogP contribution in [0.4, 0.5) is 34.1 Å². The number of rotatable bonds is 7. The van der Waals surface area contributed by atoms with Gasteiger partial charge in [-0.3, -0.25) is 0 Å². The average molecular weight is 816 g/mol. The summed E-state index contributed by atoms with van der Waals surface area (Å²) in [5.41, 5.74) is 14.0. The normalized spacial score (nSPS) is 11.8. The summed E-state index contributed by atoms with van der Waals surface area (Å²) in [5, 5.41) is 12.4. The smallest absolute Gasteiger partial charge is 0.0627 e. The van der Waals surface area contributed by atoms with Crippen molar-refractivity contribution < 1.29 is 0 Å². The van der Waals surface area contributed by atoms with Gasteiger partial charge in [0.15, 0.2) is 0 Å². The van der Waals surface area contributed by atoms with Crippen LogP contribution in [0.3, 0.4) is 0 Å². The van der Waals surface area contributed by atoms with Crippen molar-refractivity contribution in [2.24, 2.45) is 0 Å². The molecule has 64 heavy (non-hydrogen) atoms. The van der Waals surface area contributed by atoms with Crippen LogP contribution in [-0.2, 0) is 0 Å². The molecule has 0 unspecified atom stereocenters. The number of para-hydroxylation sites is 2. The molecule has 0 bridgehead atoms. The molecule has 2 aromatic heterocycles. The van der Waals surface area contributed by atoms with Crippen LogP contribution in [0.15, 0.2) is 231 Å². The Morgan fingerprint density at radius 3 is 1.44 bits per heavy atom. The number of benzene rings is 11. The van der Waals surface area contributed by atoms with Crippen molar-refractivity contribution in [2.75, 3.05) is 9.80 Å². The second kappa shape index (κ2) is 14.3. The van der Waals surface area contributed by atoms with E-state index in [2.05, 4.69) is 252 Å². The molecule has 2 heterocycles. The van der Waals surface area contributed by atoms with E-state index in [0.29, 0.717) is 0 Å². The zero-order valence-corrected chi connectivity index (χ0v) is 35.3. The van der Waals surface area contributed by atoms with Gasteiger partial charge in [-0.1, -0.05) is 145 Å². The molecule has 0 atom stereocenters. The molecule has 0 aliphatic carbocycles. The lowest BCUT2D eigenvalue weighted by Crippen LogP contribution is -2.09. The van der Waals surface area contributed by atoms with Crippen LogP contribution in [0.1, 0.15) is 5.56 Å². The molecule has 0 aliphatic heterocycles. The highest BCUT2D eigenvalue weighted by Crippen LogP contribution is 2.48. The van der Waals surface area contributed by atoms with Crippen LogP contribution in [0, 0.1) is 6.92 Å². The summed E-state index contributed by atoms with van der Waals surface area (Å²) in [4.78, 5) is 4.79. The van der Waals surface area contributed by atoms with E-state index in [1.807, 2.05) is 0 Å². The fourth-order valence-electron chi connectivity index (χ4n) is 10.2.